The van der Waals surface area contributed by atoms with E-state index >= 15 is 0 Å². The van der Waals surface area contributed by atoms with Crippen LogP contribution in [0.25, 0.3) is 0 Å². The third kappa shape index (κ3) is 5.21. The molecule has 6 heteroatoms. The van der Waals surface area contributed by atoms with E-state index in [0.29, 0.717) is 0 Å². The third-order valence-electron chi connectivity index (χ3n) is 2.37. The molecule has 19 heavy (non-hydrogen) atoms. The standard InChI is InChI=1S/C13H16O5S/c1-2-18-13(15)9-8-11(14)10-19(16,17)12-6-4-3-5-7-12/h3-7H,2,8-10H2,1H3. The third-order valence-corrected chi connectivity index (χ3v) is 4.06. The van der Waals surface area contributed by atoms with E-state index in [4.69, 9.17) is 0 Å². The van der Waals surface area contributed by atoms with Crippen LogP contribution in [0, 0.1) is 0 Å². The highest BCUT2D eigenvalue weighted by atomic mass is 32.2. The van der Waals surface area contributed by atoms with Crippen LogP contribution < -0.4 is 0 Å². The zero-order valence-corrected chi connectivity index (χ0v) is 11.5. The zero-order chi connectivity index (χ0) is 14.3. The molecule has 1 aromatic rings. The van der Waals surface area contributed by atoms with Crippen molar-refractivity contribution in [1.29, 1.82) is 0 Å². The average molecular weight is 284 g/mol. The first kappa shape index (κ1) is 15.4. The molecule has 1 aromatic carbocycles. The van der Waals surface area contributed by atoms with E-state index in [1.54, 1.807) is 25.1 Å². The van der Waals surface area contributed by atoms with Crippen molar-refractivity contribution in [3.05, 3.63) is 30.3 Å². The lowest BCUT2D eigenvalue weighted by atomic mass is 10.2. The van der Waals surface area contributed by atoms with Crippen LogP contribution in [-0.2, 0) is 24.2 Å². The molecule has 0 N–H and O–H groups in total. The summed E-state index contributed by atoms with van der Waals surface area (Å²) in [6, 6.07) is 7.76. The Morgan fingerprint density at radius 3 is 2.32 bits per heavy atom. The summed E-state index contributed by atoms with van der Waals surface area (Å²) in [6.07, 6.45) is -0.206. The fraction of sp³-hybridized carbons (Fsp3) is 0.385. The molecule has 0 aliphatic rings. The summed E-state index contributed by atoms with van der Waals surface area (Å²) in [5.41, 5.74) is 0. The Labute approximate surface area is 112 Å². The molecule has 0 bridgehead atoms. The molecule has 0 spiro atoms. The first-order valence-corrected chi connectivity index (χ1v) is 7.56. The Balaban J connectivity index is 2.55. The number of esters is 1. The summed E-state index contributed by atoms with van der Waals surface area (Å²) in [7, 11) is -3.62. The average Bonchev–Trinajstić information content (AvgIpc) is 2.37. The maximum Gasteiger partial charge on any atom is 0.306 e. The van der Waals surface area contributed by atoms with Crippen molar-refractivity contribution >= 4 is 21.6 Å². The second-order valence-electron chi connectivity index (χ2n) is 3.92. The Morgan fingerprint density at radius 1 is 1.11 bits per heavy atom. The minimum absolute atomic E-state index is 0.0863. The molecule has 0 heterocycles. The van der Waals surface area contributed by atoms with Crippen LogP contribution in [0.1, 0.15) is 19.8 Å². The van der Waals surface area contributed by atoms with Gasteiger partial charge in [0, 0.05) is 6.42 Å². The van der Waals surface area contributed by atoms with Crippen LogP contribution in [-0.4, -0.2) is 32.5 Å². The first-order valence-electron chi connectivity index (χ1n) is 5.91. The van der Waals surface area contributed by atoms with Crippen molar-refractivity contribution in [2.75, 3.05) is 12.4 Å². The van der Waals surface area contributed by atoms with Gasteiger partial charge in [-0.05, 0) is 19.1 Å². The predicted octanol–water partition coefficient (Wildman–Crippen LogP) is 1.37. The molecule has 0 radical (unpaired) electrons. The molecule has 0 saturated heterocycles. The van der Waals surface area contributed by atoms with E-state index < -0.39 is 27.3 Å². The number of benzene rings is 1. The summed E-state index contributed by atoms with van der Waals surface area (Å²) in [5, 5.41) is 0. The van der Waals surface area contributed by atoms with Crippen molar-refractivity contribution < 1.29 is 22.7 Å². The molecule has 0 unspecified atom stereocenters. The normalized spacial score (nSPS) is 11.0. The van der Waals surface area contributed by atoms with Crippen molar-refractivity contribution in [2.24, 2.45) is 0 Å². The number of ether oxygens (including phenoxy) is 1. The fourth-order valence-electron chi connectivity index (χ4n) is 1.47. The molecular weight excluding hydrogens is 268 g/mol. The molecule has 0 fully saturated rings. The van der Waals surface area contributed by atoms with Crippen LogP contribution in [0.4, 0.5) is 0 Å². The van der Waals surface area contributed by atoms with E-state index in [9.17, 15) is 18.0 Å². The molecule has 104 valence electrons. The van der Waals surface area contributed by atoms with E-state index in [2.05, 4.69) is 4.74 Å². The first-order chi connectivity index (χ1) is 8.95. The number of Topliss-reactive ketones (excluding diaryl/α,β-unsaturated/α-hetero) is 1. The summed E-state index contributed by atoms with van der Waals surface area (Å²) >= 11 is 0. The van der Waals surface area contributed by atoms with Crippen LogP contribution in [0.3, 0.4) is 0 Å². The maximum atomic E-state index is 11.9. The van der Waals surface area contributed by atoms with Gasteiger partial charge in [-0.15, -0.1) is 0 Å². The van der Waals surface area contributed by atoms with Gasteiger partial charge < -0.3 is 4.74 Å². The molecule has 0 aliphatic heterocycles. The predicted molar refractivity (Wildman–Crippen MR) is 69.4 cm³/mol. The van der Waals surface area contributed by atoms with Crippen molar-refractivity contribution in [3.63, 3.8) is 0 Å². The van der Waals surface area contributed by atoms with Gasteiger partial charge in [0.2, 0.25) is 0 Å². The Hall–Kier alpha value is -1.69. The fourth-order valence-corrected chi connectivity index (χ4v) is 2.78. The quantitative estimate of drug-likeness (QED) is 0.707. The smallest absolute Gasteiger partial charge is 0.306 e. The van der Waals surface area contributed by atoms with Gasteiger partial charge in [0.25, 0.3) is 0 Å². The highest BCUT2D eigenvalue weighted by molar-refractivity contribution is 7.92. The largest absolute Gasteiger partial charge is 0.466 e. The van der Waals surface area contributed by atoms with Crippen molar-refractivity contribution in [3.8, 4) is 0 Å². The summed E-state index contributed by atoms with van der Waals surface area (Å²) < 4.78 is 28.4. The van der Waals surface area contributed by atoms with Gasteiger partial charge >= 0.3 is 5.97 Å². The molecule has 0 aromatic heterocycles. The van der Waals surface area contributed by atoms with E-state index in [0.717, 1.165) is 0 Å². The SMILES string of the molecule is CCOC(=O)CCC(=O)CS(=O)(=O)c1ccccc1. The molecular formula is C13H16O5S. The topological polar surface area (TPSA) is 77.5 Å². The molecule has 0 amide bonds. The molecule has 1 rings (SSSR count). The van der Waals surface area contributed by atoms with Gasteiger partial charge in [-0.1, -0.05) is 18.2 Å². The lowest BCUT2D eigenvalue weighted by Gasteiger charge is -2.04. The second kappa shape index (κ2) is 7.04. The molecule has 5 nitrogen and oxygen atoms in total. The van der Waals surface area contributed by atoms with E-state index in [1.807, 2.05) is 0 Å². The van der Waals surface area contributed by atoms with Crippen LogP contribution in [0.5, 0.6) is 0 Å². The van der Waals surface area contributed by atoms with Crippen molar-refractivity contribution in [1.82, 2.24) is 0 Å². The van der Waals surface area contributed by atoms with Crippen molar-refractivity contribution in [2.45, 2.75) is 24.7 Å². The van der Waals surface area contributed by atoms with Gasteiger partial charge in [-0.3, -0.25) is 9.59 Å². The van der Waals surface area contributed by atoms with Gasteiger partial charge in [0.05, 0.1) is 17.9 Å². The number of sulfone groups is 1. The van der Waals surface area contributed by atoms with E-state index in [1.165, 1.54) is 12.1 Å². The van der Waals surface area contributed by atoms with Gasteiger partial charge in [-0.2, -0.15) is 0 Å². The minimum Gasteiger partial charge on any atom is -0.466 e. The Morgan fingerprint density at radius 2 is 1.74 bits per heavy atom. The van der Waals surface area contributed by atoms with Gasteiger partial charge in [0.15, 0.2) is 9.84 Å². The summed E-state index contributed by atoms with van der Waals surface area (Å²) in [4.78, 5) is 22.7. The minimum atomic E-state index is -3.62. The van der Waals surface area contributed by atoms with Crippen LogP contribution in [0.2, 0.25) is 0 Å². The zero-order valence-electron chi connectivity index (χ0n) is 10.7. The molecule has 0 aliphatic carbocycles. The second-order valence-corrected chi connectivity index (χ2v) is 5.91. The van der Waals surface area contributed by atoms with Crippen LogP contribution >= 0.6 is 0 Å². The Kier molecular flexibility index (Phi) is 5.69. The number of hydrogen-bond acceptors (Lipinski definition) is 5. The maximum absolute atomic E-state index is 11.9. The number of carbonyl (C=O) groups is 2. The highest BCUT2D eigenvalue weighted by Gasteiger charge is 2.19. The number of hydrogen-bond donors (Lipinski definition) is 0. The molecule has 0 atom stereocenters. The summed E-state index contributed by atoms with van der Waals surface area (Å²) in [5.74, 6) is -1.57. The summed E-state index contributed by atoms with van der Waals surface area (Å²) in [6.45, 7) is 1.91. The van der Waals surface area contributed by atoms with Gasteiger partial charge in [0.1, 0.15) is 11.5 Å². The van der Waals surface area contributed by atoms with E-state index in [-0.39, 0.29) is 24.3 Å². The monoisotopic (exact) mass is 284 g/mol. The number of ketones is 1. The Bertz CT molecular complexity index is 533. The lowest BCUT2D eigenvalue weighted by Crippen LogP contribution is -2.17. The molecule has 0 saturated carbocycles. The number of rotatable bonds is 7. The lowest BCUT2D eigenvalue weighted by molar-refractivity contribution is -0.144. The highest BCUT2D eigenvalue weighted by Crippen LogP contribution is 2.11. The van der Waals surface area contributed by atoms with Gasteiger partial charge in [-0.25, -0.2) is 8.42 Å². The number of carbonyl (C=O) groups excluding carboxylic acids is 2. The van der Waals surface area contributed by atoms with Crippen LogP contribution in [0.15, 0.2) is 35.2 Å².